The second-order valence-electron chi connectivity index (χ2n) is 8.88. The van der Waals surface area contributed by atoms with Crippen LogP contribution in [0.1, 0.15) is 65.4 Å². The number of aryl methyl sites for hydroxylation is 2. The molecule has 2 unspecified atom stereocenters. The lowest BCUT2D eigenvalue weighted by Gasteiger charge is -2.21. The molecule has 0 aromatic heterocycles. The molecule has 2 aromatic carbocycles. The van der Waals surface area contributed by atoms with Crippen LogP contribution in [0.5, 0.6) is 5.75 Å². The van der Waals surface area contributed by atoms with Crippen molar-refractivity contribution < 1.29 is 29.5 Å². The van der Waals surface area contributed by atoms with Crippen molar-refractivity contribution in [3.63, 3.8) is 0 Å². The van der Waals surface area contributed by atoms with Crippen molar-refractivity contribution in [2.24, 2.45) is 5.92 Å². The maximum Gasteiger partial charge on any atom is 0.326 e. The third kappa shape index (κ3) is 6.21. The van der Waals surface area contributed by atoms with E-state index in [-0.39, 0.29) is 23.7 Å². The summed E-state index contributed by atoms with van der Waals surface area (Å²) in [6, 6.07) is 7.27. The number of aromatic hydroxyl groups is 1. The molecule has 32 heavy (non-hydrogen) atoms. The van der Waals surface area contributed by atoms with Crippen LogP contribution in [-0.2, 0) is 21.1 Å². The summed E-state index contributed by atoms with van der Waals surface area (Å²) in [4.78, 5) is 24.2. The number of rotatable bonds is 9. The topological polar surface area (TPSA) is 124 Å². The number of carboxylic acids is 1. The van der Waals surface area contributed by atoms with Gasteiger partial charge in [0.25, 0.3) is 5.91 Å². The summed E-state index contributed by atoms with van der Waals surface area (Å²) in [6.07, 6.45) is 0.750. The number of hydrogen-bond donors (Lipinski definition) is 4. The summed E-state index contributed by atoms with van der Waals surface area (Å²) in [6.45, 7) is 9.07. The van der Waals surface area contributed by atoms with E-state index in [1.807, 2.05) is 39.8 Å². The van der Waals surface area contributed by atoms with E-state index in [1.54, 1.807) is 12.1 Å². The van der Waals surface area contributed by atoms with Crippen molar-refractivity contribution in [2.75, 3.05) is 0 Å². The first-order valence-corrected chi connectivity index (χ1v) is 11.6. The van der Waals surface area contributed by atoms with Gasteiger partial charge in [-0.05, 0) is 79.5 Å². The van der Waals surface area contributed by atoms with Crippen LogP contribution >= 0.6 is 8.46 Å². The smallest absolute Gasteiger partial charge is 0.326 e. The first-order valence-electron chi connectivity index (χ1n) is 10.5. The minimum atomic E-state index is -1.40. The largest absolute Gasteiger partial charge is 0.507 e. The number of aliphatic hydroxyl groups is 1. The number of carbonyl (C=O) groups excluding carboxylic acids is 1. The van der Waals surface area contributed by atoms with E-state index < -0.39 is 31.7 Å². The van der Waals surface area contributed by atoms with Crippen LogP contribution in [0.3, 0.4) is 0 Å². The normalized spacial score (nSPS) is 14.5. The SMILES string of the molecule is Cc1cc([C@](C)(O)[PH2]=O)cc(C)c1Cc1ccc(O)c(C(=O)NC(CC(C)C)C(=O)O)c1. The van der Waals surface area contributed by atoms with Crippen LogP contribution in [0.2, 0.25) is 0 Å². The molecule has 2 aromatic rings. The predicted molar refractivity (Wildman–Crippen MR) is 125 cm³/mol. The van der Waals surface area contributed by atoms with Gasteiger partial charge in [-0.1, -0.05) is 32.0 Å². The van der Waals surface area contributed by atoms with Crippen molar-refractivity contribution in [2.45, 2.75) is 58.8 Å². The van der Waals surface area contributed by atoms with Crippen LogP contribution in [0.4, 0.5) is 0 Å². The highest BCUT2D eigenvalue weighted by Crippen LogP contribution is 2.34. The molecule has 0 spiro atoms. The second-order valence-corrected chi connectivity index (χ2v) is 10.2. The van der Waals surface area contributed by atoms with Gasteiger partial charge >= 0.3 is 5.97 Å². The van der Waals surface area contributed by atoms with Crippen LogP contribution in [0.15, 0.2) is 30.3 Å². The molecule has 174 valence electrons. The Hall–Kier alpha value is -2.63. The first kappa shape index (κ1) is 25.6. The van der Waals surface area contributed by atoms with Crippen LogP contribution in [0.25, 0.3) is 0 Å². The molecule has 4 N–H and O–H groups in total. The van der Waals surface area contributed by atoms with Gasteiger partial charge in [-0.2, -0.15) is 0 Å². The molecule has 7 nitrogen and oxygen atoms in total. The number of aliphatic carboxylic acids is 1. The number of phenols is 1. The summed E-state index contributed by atoms with van der Waals surface area (Å²) >= 11 is 0. The van der Waals surface area contributed by atoms with Crippen molar-refractivity contribution >= 4 is 20.3 Å². The molecular formula is C24H32NO6P. The Kier molecular flexibility index (Phi) is 8.27. The zero-order valence-electron chi connectivity index (χ0n) is 19.1. The van der Waals surface area contributed by atoms with Crippen LogP contribution in [-0.4, -0.2) is 33.2 Å². The Morgan fingerprint density at radius 2 is 1.72 bits per heavy atom. The molecule has 0 aliphatic heterocycles. The van der Waals surface area contributed by atoms with E-state index in [0.29, 0.717) is 12.0 Å². The van der Waals surface area contributed by atoms with Gasteiger partial charge in [0.15, 0.2) is 0 Å². The molecule has 0 saturated heterocycles. The lowest BCUT2D eigenvalue weighted by Crippen LogP contribution is -2.41. The molecule has 0 heterocycles. The Bertz CT molecular complexity index is 1010. The average Bonchev–Trinajstić information content (AvgIpc) is 2.70. The molecule has 1 amide bonds. The monoisotopic (exact) mass is 461 g/mol. The quantitative estimate of drug-likeness (QED) is 0.422. The summed E-state index contributed by atoms with van der Waals surface area (Å²) in [5.74, 6) is -1.91. The number of benzene rings is 2. The van der Waals surface area contributed by atoms with Crippen molar-refractivity contribution in [1.82, 2.24) is 5.32 Å². The van der Waals surface area contributed by atoms with Crippen LogP contribution < -0.4 is 5.32 Å². The Labute approximate surface area is 189 Å². The second kappa shape index (κ2) is 10.3. The highest BCUT2D eigenvalue weighted by Gasteiger charge is 2.24. The molecule has 0 aliphatic rings. The summed E-state index contributed by atoms with van der Waals surface area (Å²) < 4.78 is 11.4. The fourth-order valence-electron chi connectivity index (χ4n) is 3.64. The number of amides is 1. The van der Waals surface area contributed by atoms with E-state index in [4.69, 9.17) is 0 Å². The molecular weight excluding hydrogens is 429 g/mol. The average molecular weight is 461 g/mol. The zero-order valence-corrected chi connectivity index (χ0v) is 20.3. The standard InChI is InChI=1S/C24H32NO6P/c1-13(2)8-20(23(28)29)25-22(27)19-12-16(6-7-21(19)26)11-18-14(3)9-17(10-15(18)4)24(5,30)32-31/h6-7,9-10,12-13,20,26,30H,8,11,32H2,1-5H3,(H,25,27)(H,28,29)/t20?,24-/m1/s1. The number of nitrogens with one attached hydrogen (secondary N) is 1. The predicted octanol–water partition coefficient (Wildman–Crippen LogP) is 3.75. The van der Waals surface area contributed by atoms with Gasteiger partial charge in [0, 0.05) is 0 Å². The van der Waals surface area contributed by atoms with Gasteiger partial charge in [0.1, 0.15) is 17.1 Å². The van der Waals surface area contributed by atoms with E-state index in [9.17, 15) is 29.5 Å². The molecule has 0 radical (unpaired) electrons. The maximum atomic E-state index is 12.7. The lowest BCUT2D eigenvalue weighted by atomic mass is 9.92. The fraction of sp³-hybridized carbons (Fsp3) is 0.417. The summed E-state index contributed by atoms with van der Waals surface area (Å²) in [7, 11) is -1.40. The Morgan fingerprint density at radius 1 is 1.12 bits per heavy atom. The molecule has 0 fully saturated rings. The van der Waals surface area contributed by atoms with Gasteiger partial charge in [-0.3, -0.25) is 4.79 Å². The molecule has 0 aliphatic carbocycles. The van der Waals surface area contributed by atoms with E-state index in [1.165, 1.54) is 13.0 Å². The van der Waals surface area contributed by atoms with Gasteiger partial charge < -0.3 is 25.2 Å². The van der Waals surface area contributed by atoms with Crippen molar-refractivity contribution in [1.29, 1.82) is 0 Å². The third-order valence-electron chi connectivity index (χ3n) is 5.51. The zero-order chi connectivity index (χ0) is 24.2. The van der Waals surface area contributed by atoms with E-state index in [2.05, 4.69) is 5.32 Å². The van der Waals surface area contributed by atoms with Crippen molar-refractivity contribution in [3.8, 4) is 5.75 Å². The number of hydrogen-bond acceptors (Lipinski definition) is 5. The molecule has 2 rings (SSSR count). The minimum absolute atomic E-state index is 0.0160. The van der Waals surface area contributed by atoms with E-state index >= 15 is 0 Å². The minimum Gasteiger partial charge on any atom is -0.507 e. The highest BCUT2D eigenvalue weighted by molar-refractivity contribution is 7.25. The Morgan fingerprint density at radius 3 is 2.22 bits per heavy atom. The number of carbonyl (C=O) groups is 2. The van der Waals surface area contributed by atoms with Crippen LogP contribution in [0, 0.1) is 19.8 Å². The van der Waals surface area contributed by atoms with E-state index in [0.717, 1.165) is 22.3 Å². The third-order valence-corrected chi connectivity index (χ3v) is 6.30. The highest BCUT2D eigenvalue weighted by atomic mass is 31.1. The van der Waals surface area contributed by atoms with Gasteiger partial charge in [0.2, 0.25) is 0 Å². The fourth-order valence-corrected chi connectivity index (χ4v) is 3.94. The van der Waals surface area contributed by atoms with Gasteiger partial charge in [-0.25, -0.2) is 4.79 Å². The number of carboxylic acid groups (broad SMARTS) is 1. The van der Waals surface area contributed by atoms with Gasteiger partial charge in [-0.15, -0.1) is 0 Å². The first-order chi connectivity index (χ1) is 14.9. The maximum absolute atomic E-state index is 12.7. The molecule has 0 bridgehead atoms. The van der Waals surface area contributed by atoms with Gasteiger partial charge in [0.05, 0.1) is 14.0 Å². The molecule has 3 atom stereocenters. The molecule has 8 heteroatoms. The Balaban J connectivity index is 2.33. The summed E-state index contributed by atoms with van der Waals surface area (Å²) in [5.41, 5.74) is 4.19. The van der Waals surface area contributed by atoms with Crippen molar-refractivity contribution in [3.05, 3.63) is 63.7 Å². The number of phenolic OH excluding ortho intramolecular Hbond substituents is 1. The summed E-state index contributed by atoms with van der Waals surface area (Å²) in [5, 5.41) is 31.0. The lowest BCUT2D eigenvalue weighted by molar-refractivity contribution is -0.139. The molecule has 0 saturated carbocycles.